The van der Waals surface area contributed by atoms with Crippen LogP contribution in [0.5, 0.6) is 0 Å². The molecule has 0 radical (unpaired) electrons. The average molecular weight is 378 g/mol. The number of thiophene rings is 1. The molecule has 0 saturated carbocycles. The number of hydrogen-bond acceptors (Lipinski definition) is 5. The van der Waals surface area contributed by atoms with Crippen LogP contribution in [0.3, 0.4) is 0 Å². The monoisotopic (exact) mass is 377 g/mol. The van der Waals surface area contributed by atoms with E-state index in [0.29, 0.717) is 22.0 Å². The lowest BCUT2D eigenvalue weighted by atomic mass is 10.2. The van der Waals surface area contributed by atoms with Crippen LogP contribution in [0.4, 0.5) is 0 Å². The molecule has 0 spiro atoms. The number of rotatable bonds is 5. The summed E-state index contributed by atoms with van der Waals surface area (Å²) in [6, 6.07) is 1.89. The lowest BCUT2D eigenvalue weighted by Gasteiger charge is -2.05. The van der Waals surface area contributed by atoms with E-state index in [9.17, 15) is 4.79 Å². The van der Waals surface area contributed by atoms with Gasteiger partial charge in [0.2, 0.25) is 0 Å². The molecule has 0 atom stereocenters. The molecule has 3 aromatic heterocycles. The van der Waals surface area contributed by atoms with E-state index in [4.69, 9.17) is 11.6 Å². The van der Waals surface area contributed by atoms with Gasteiger partial charge in [-0.15, -0.1) is 11.3 Å². The van der Waals surface area contributed by atoms with E-state index in [2.05, 4.69) is 36.0 Å². The zero-order valence-electron chi connectivity index (χ0n) is 14.7. The lowest BCUT2D eigenvalue weighted by Crippen LogP contribution is -2.16. The number of halogens is 1. The summed E-state index contributed by atoms with van der Waals surface area (Å²) < 4.78 is 3.00. The highest BCUT2D eigenvalue weighted by molar-refractivity contribution is 7.18. The molecule has 0 aliphatic carbocycles. The minimum absolute atomic E-state index is 0.180. The third-order valence-corrected chi connectivity index (χ3v) is 5.38. The molecule has 3 aromatic rings. The number of aryl methyl sites for hydroxylation is 2. The minimum atomic E-state index is -0.180. The maximum atomic E-state index is 12.6. The van der Waals surface area contributed by atoms with Crippen molar-refractivity contribution in [1.29, 1.82) is 0 Å². The Morgan fingerprint density at radius 1 is 1.44 bits per heavy atom. The smallest absolute Gasteiger partial charge is 0.267 e. The Labute approximate surface area is 154 Å². The molecule has 0 aliphatic heterocycles. The van der Waals surface area contributed by atoms with Crippen molar-refractivity contribution in [2.24, 2.45) is 11.0 Å². The SMILES string of the molecule is CCc1cc2c(=O)n(/N=C\c3c(C)nn(CC(C)C)c3Cl)cnc2s1. The molecule has 0 amide bonds. The number of hydrogen-bond donors (Lipinski definition) is 0. The van der Waals surface area contributed by atoms with Gasteiger partial charge in [0.25, 0.3) is 5.56 Å². The summed E-state index contributed by atoms with van der Waals surface area (Å²) in [5, 5.41) is 9.83. The van der Waals surface area contributed by atoms with E-state index in [-0.39, 0.29) is 5.56 Å². The van der Waals surface area contributed by atoms with Gasteiger partial charge in [-0.25, -0.2) is 4.98 Å². The first kappa shape index (κ1) is 17.8. The summed E-state index contributed by atoms with van der Waals surface area (Å²) in [7, 11) is 0. The molecule has 0 aromatic carbocycles. The van der Waals surface area contributed by atoms with E-state index < -0.39 is 0 Å². The zero-order valence-corrected chi connectivity index (χ0v) is 16.2. The van der Waals surface area contributed by atoms with Crippen molar-refractivity contribution in [2.75, 3.05) is 0 Å². The van der Waals surface area contributed by atoms with Gasteiger partial charge in [-0.2, -0.15) is 14.9 Å². The van der Waals surface area contributed by atoms with Gasteiger partial charge in [-0.05, 0) is 25.3 Å². The van der Waals surface area contributed by atoms with Crippen LogP contribution < -0.4 is 5.56 Å². The highest BCUT2D eigenvalue weighted by Gasteiger charge is 2.13. The van der Waals surface area contributed by atoms with Gasteiger partial charge in [0.15, 0.2) is 0 Å². The van der Waals surface area contributed by atoms with Gasteiger partial charge in [0, 0.05) is 11.4 Å². The van der Waals surface area contributed by atoms with Crippen LogP contribution in [0.15, 0.2) is 22.3 Å². The first-order valence-electron chi connectivity index (χ1n) is 8.18. The molecule has 0 unspecified atom stereocenters. The number of aromatic nitrogens is 4. The van der Waals surface area contributed by atoms with Crippen LogP contribution in [-0.2, 0) is 13.0 Å². The molecule has 8 heteroatoms. The normalized spacial score (nSPS) is 12.1. The van der Waals surface area contributed by atoms with Crippen molar-refractivity contribution in [3.8, 4) is 0 Å². The highest BCUT2D eigenvalue weighted by Crippen LogP contribution is 2.21. The predicted octanol–water partition coefficient (Wildman–Crippen LogP) is 3.72. The van der Waals surface area contributed by atoms with Gasteiger partial charge in [-0.1, -0.05) is 32.4 Å². The van der Waals surface area contributed by atoms with E-state index >= 15 is 0 Å². The Bertz CT molecular complexity index is 999. The fourth-order valence-corrected chi connectivity index (χ4v) is 3.74. The quantitative estimate of drug-likeness (QED) is 0.636. The Morgan fingerprint density at radius 3 is 2.88 bits per heavy atom. The van der Waals surface area contributed by atoms with Crippen molar-refractivity contribution in [2.45, 2.75) is 40.7 Å². The third kappa shape index (κ3) is 3.52. The molecule has 25 heavy (non-hydrogen) atoms. The summed E-state index contributed by atoms with van der Waals surface area (Å²) in [4.78, 5) is 18.8. The van der Waals surface area contributed by atoms with Crippen LogP contribution in [0.1, 0.15) is 36.9 Å². The lowest BCUT2D eigenvalue weighted by molar-refractivity contribution is 0.482. The Kier molecular flexibility index (Phi) is 5.06. The van der Waals surface area contributed by atoms with Crippen molar-refractivity contribution in [3.63, 3.8) is 0 Å². The Balaban J connectivity index is 1.97. The Hall–Kier alpha value is -1.99. The van der Waals surface area contributed by atoms with E-state index in [1.54, 1.807) is 10.9 Å². The standard InChI is InChI=1S/C17H20ClN5OS/c1-5-12-6-13-16(25-12)19-9-23(17(13)24)20-7-14-11(4)21-22(15(14)18)8-10(2)3/h6-7,9-10H,5,8H2,1-4H3/b20-7-. The van der Waals surface area contributed by atoms with Gasteiger partial charge >= 0.3 is 0 Å². The van der Waals surface area contributed by atoms with Crippen molar-refractivity contribution >= 4 is 39.4 Å². The van der Waals surface area contributed by atoms with E-state index in [0.717, 1.165) is 28.4 Å². The fraction of sp³-hybridized carbons (Fsp3) is 0.412. The molecule has 3 heterocycles. The molecule has 6 nitrogen and oxygen atoms in total. The molecule has 132 valence electrons. The van der Waals surface area contributed by atoms with Gasteiger partial charge in [0.1, 0.15) is 16.3 Å². The Morgan fingerprint density at radius 2 is 2.20 bits per heavy atom. The summed E-state index contributed by atoms with van der Waals surface area (Å²) >= 11 is 7.94. The maximum absolute atomic E-state index is 12.6. The number of fused-ring (bicyclic) bond motifs is 1. The zero-order chi connectivity index (χ0) is 18.1. The molecule has 0 aliphatic rings. The summed E-state index contributed by atoms with van der Waals surface area (Å²) in [6.45, 7) is 8.87. The van der Waals surface area contributed by atoms with Crippen LogP contribution in [0, 0.1) is 12.8 Å². The minimum Gasteiger partial charge on any atom is -0.267 e. The highest BCUT2D eigenvalue weighted by atomic mass is 35.5. The number of nitrogens with zero attached hydrogens (tertiary/aromatic N) is 5. The summed E-state index contributed by atoms with van der Waals surface area (Å²) in [5.41, 5.74) is 1.31. The van der Waals surface area contributed by atoms with E-state index in [1.165, 1.54) is 22.3 Å². The second-order valence-corrected chi connectivity index (χ2v) is 7.76. The molecule has 0 N–H and O–H groups in total. The molecular weight excluding hydrogens is 358 g/mol. The van der Waals surface area contributed by atoms with Crippen LogP contribution in [0.2, 0.25) is 5.15 Å². The third-order valence-electron chi connectivity index (χ3n) is 3.79. The van der Waals surface area contributed by atoms with Crippen molar-refractivity contribution in [1.82, 2.24) is 19.4 Å². The fourth-order valence-electron chi connectivity index (χ4n) is 2.52. The van der Waals surface area contributed by atoms with Gasteiger partial charge in [-0.3, -0.25) is 9.48 Å². The maximum Gasteiger partial charge on any atom is 0.282 e. The molecule has 0 saturated heterocycles. The molecule has 0 bridgehead atoms. The average Bonchev–Trinajstić information content (AvgIpc) is 3.09. The second-order valence-electron chi connectivity index (χ2n) is 6.29. The van der Waals surface area contributed by atoms with Gasteiger partial charge in [0.05, 0.1) is 22.9 Å². The summed E-state index contributed by atoms with van der Waals surface area (Å²) in [6.07, 6.45) is 3.90. The molecule has 3 rings (SSSR count). The predicted molar refractivity (Wildman–Crippen MR) is 103 cm³/mol. The second kappa shape index (κ2) is 7.09. The van der Waals surface area contributed by atoms with Crippen molar-refractivity contribution < 1.29 is 0 Å². The van der Waals surface area contributed by atoms with Crippen molar-refractivity contribution in [3.05, 3.63) is 44.0 Å². The van der Waals surface area contributed by atoms with Crippen LogP contribution in [-0.4, -0.2) is 25.7 Å². The van der Waals surface area contributed by atoms with Crippen LogP contribution in [0.25, 0.3) is 10.2 Å². The first-order chi connectivity index (χ1) is 11.9. The van der Waals surface area contributed by atoms with E-state index in [1.807, 2.05) is 13.0 Å². The molecule has 0 fully saturated rings. The summed E-state index contributed by atoms with van der Waals surface area (Å²) in [5.74, 6) is 0.433. The van der Waals surface area contributed by atoms with Crippen LogP contribution >= 0.6 is 22.9 Å². The molecular formula is C17H20ClN5OS. The largest absolute Gasteiger partial charge is 0.282 e. The van der Waals surface area contributed by atoms with Gasteiger partial charge < -0.3 is 0 Å². The topological polar surface area (TPSA) is 65.1 Å². The first-order valence-corrected chi connectivity index (χ1v) is 9.37.